The van der Waals surface area contributed by atoms with E-state index in [-0.39, 0.29) is 16.2 Å². The molecule has 3 aromatic carbocycles. The van der Waals surface area contributed by atoms with Gasteiger partial charge in [-0.05, 0) is 51.5 Å². The van der Waals surface area contributed by atoms with Crippen molar-refractivity contribution in [2.45, 2.75) is 89.9 Å². The SMILES string of the molecule is CC(C)(C)c1ccc(C(CCCCCCCl)(c2ccccc2)c2ccc(C(C)(C)C)cc2)cc1. The summed E-state index contributed by atoms with van der Waals surface area (Å²) in [4.78, 5) is 0. The first-order valence-corrected chi connectivity index (χ1v) is 13.5. The molecule has 0 amide bonds. The van der Waals surface area contributed by atoms with Gasteiger partial charge in [0.2, 0.25) is 0 Å². The highest BCUT2D eigenvalue weighted by atomic mass is 35.5. The highest BCUT2D eigenvalue weighted by Crippen LogP contribution is 2.44. The molecule has 182 valence electrons. The molecule has 0 aliphatic carbocycles. The van der Waals surface area contributed by atoms with Gasteiger partial charge in [-0.1, -0.05) is 140 Å². The van der Waals surface area contributed by atoms with Crippen LogP contribution in [0.1, 0.15) is 101 Å². The van der Waals surface area contributed by atoms with Crippen molar-refractivity contribution in [3.63, 3.8) is 0 Å². The summed E-state index contributed by atoms with van der Waals surface area (Å²) in [7, 11) is 0. The highest BCUT2D eigenvalue weighted by molar-refractivity contribution is 6.17. The molecule has 3 aromatic rings. The Morgan fingerprint density at radius 3 is 1.26 bits per heavy atom. The van der Waals surface area contributed by atoms with Crippen molar-refractivity contribution in [1.29, 1.82) is 0 Å². The van der Waals surface area contributed by atoms with Gasteiger partial charge in [-0.3, -0.25) is 0 Å². The number of hydrogen-bond acceptors (Lipinski definition) is 0. The van der Waals surface area contributed by atoms with Gasteiger partial charge in [0, 0.05) is 11.3 Å². The fraction of sp³-hybridized carbons (Fsp3) is 0.455. The number of rotatable bonds is 9. The van der Waals surface area contributed by atoms with Crippen LogP contribution in [0, 0.1) is 0 Å². The largest absolute Gasteiger partial charge is 0.127 e. The summed E-state index contributed by atoms with van der Waals surface area (Å²) in [6.45, 7) is 13.7. The molecule has 0 radical (unpaired) electrons. The van der Waals surface area contributed by atoms with E-state index < -0.39 is 0 Å². The molecule has 0 N–H and O–H groups in total. The Morgan fingerprint density at radius 2 is 0.853 bits per heavy atom. The Labute approximate surface area is 213 Å². The van der Waals surface area contributed by atoms with E-state index in [1.54, 1.807) is 0 Å². The minimum atomic E-state index is -0.172. The Hall–Kier alpha value is -2.05. The number of benzene rings is 3. The first kappa shape index (κ1) is 26.6. The van der Waals surface area contributed by atoms with E-state index >= 15 is 0 Å². The Morgan fingerprint density at radius 1 is 0.471 bits per heavy atom. The van der Waals surface area contributed by atoms with Gasteiger partial charge in [0.15, 0.2) is 0 Å². The molecule has 0 spiro atoms. The van der Waals surface area contributed by atoms with Crippen molar-refractivity contribution < 1.29 is 0 Å². The molecule has 0 saturated carbocycles. The van der Waals surface area contributed by atoms with E-state index in [2.05, 4.69) is 120 Å². The lowest BCUT2D eigenvalue weighted by Crippen LogP contribution is -2.30. The van der Waals surface area contributed by atoms with E-state index in [0.717, 1.165) is 18.7 Å². The average Bonchev–Trinajstić information content (AvgIpc) is 2.81. The zero-order chi connectivity index (χ0) is 24.8. The van der Waals surface area contributed by atoms with Crippen molar-refractivity contribution in [2.24, 2.45) is 0 Å². The summed E-state index contributed by atoms with van der Waals surface area (Å²) in [6, 6.07) is 30.0. The molecule has 0 fully saturated rings. The van der Waals surface area contributed by atoms with Crippen molar-refractivity contribution in [2.75, 3.05) is 5.88 Å². The second-order valence-electron chi connectivity index (χ2n) is 11.8. The lowest BCUT2D eigenvalue weighted by Gasteiger charge is -2.37. The van der Waals surface area contributed by atoms with Gasteiger partial charge in [-0.25, -0.2) is 0 Å². The van der Waals surface area contributed by atoms with Crippen molar-refractivity contribution in [3.8, 4) is 0 Å². The normalized spacial score (nSPS) is 12.7. The molecule has 3 rings (SSSR count). The Bertz CT molecular complexity index is 942. The topological polar surface area (TPSA) is 0 Å². The third kappa shape index (κ3) is 6.14. The maximum Gasteiger partial charge on any atom is 0.0451 e. The van der Waals surface area contributed by atoms with Crippen molar-refractivity contribution in [3.05, 3.63) is 107 Å². The van der Waals surface area contributed by atoms with E-state index in [9.17, 15) is 0 Å². The maximum absolute atomic E-state index is 5.96. The predicted molar refractivity (Wildman–Crippen MR) is 150 cm³/mol. The predicted octanol–water partition coefficient (Wildman–Crippen LogP) is 9.81. The quantitative estimate of drug-likeness (QED) is 0.164. The molecule has 0 aliphatic rings. The summed E-state index contributed by atoms with van der Waals surface area (Å²) < 4.78 is 0. The lowest BCUT2D eigenvalue weighted by atomic mass is 9.65. The Balaban J connectivity index is 2.16. The fourth-order valence-electron chi connectivity index (χ4n) is 5.00. The molecule has 0 aliphatic heterocycles. The third-order valence-corrected chi connectivity index (χ3v) is 7.46. The molecular formula is C33H43Cl. The molecule has 0 unspecified atom stereocenters. The zero-order valence-corrected chi connectivity index (χ0v) is 22.9. The van der Waals surface area contributed by atoms with Crippen LogP contribution >= 0.6 is 11.6 Å². The van der Waals surface area contributed by atoms with Gasteiger partial charge in [-0.15, -0.1) is 11.6 Å². The van der Waals surface area contributed by atoms with E-state index in [1.807, 2.05) is 0 Å². The van der Waals surface area contributed by atoms with Crippen LogP contribution in [0.15, 0.2) is 78.9 Å². The van der Waals surface area contributed by atoms with Gasteiger partial charge in [0.05, 0.1) is 0 Å². The first-order valence-electron chi connectivity index (χ1n) is 12.9. The minimum Gasteiger partial charge on any atom is -0.127 e. The standard InChI is InChI=1S/C33H43Cl/c1-31(2,3)26-16-20-29(21-17-26)33(24-12-7-8-13-25-34,28-14-10-9-11-15-28)30-22-18-27(19-23-30)32(4,5)6/h9-11,14-23H,7-8,12-13,24-25H2,1-6H3. The summed E-state index contributed by atoms with van der Waals surface area (Å²) in [5, 5.41) is 0. The third-order valence-electron chi connectivity index (χ3n) is 7.19. The van der Waals surface area contributed by atoms with E-state index in [1.165, 1.54) is 47.1 Å². The summed E-state index contributed by atoms with van der Waals surface area (Å²) in [5.41, 5.74) is 7.01. The van der Waals surface area contributed by atoms with Crippen molar-refractivity contribution >= 4 is 11.6 Å². The van der Waals surface area contributed by atoms with Crippen LogP contribution in [0.3, 0.4) is 0 Å². The molecule has 0 heterocycles. The van der Waals surface area contributed by atoms with E-state index in [4.69, 9.17) is 11.6 Å². The minimum absolute atomic E-state index is 0.143. The molecule has 0 bridgehead atoms. The van der Waals surface area contributed by atoms with Crippen LogP contribution in [-0.4, -0.2) is 5.88 Å². The summed E-state index contributed by atoms with van der Waals surface area (Å²) in [5.74, 6) is 0.756. The summed E-state index contributed by atoms with van der Waals surface area (Å²) >= 11 is 5.96. The Kier molecular flexibility index (Phi) is 8.69. The number of halogens is 1. The van der Waals surface area contributed by atoms with Crippen LogP contribution in [0.25, 0.3) is 0 Å². The molecule has 0 aromatic heterocycles. The van der Waals surface area contributed by atoms with Crippen LogP contribution in [0.2, 0.25) is 0 Å². The van der Waals surface area contributed by atoms with E-state index in [0.29, 0.717) is 0 Å². The number of unbranched alkanes of at least 4 members (excludes halogenated alkanes) is 3. The van der Waals surface area contributed by atoms with Crippen LogP contribution < -0.4 is 0 Å². The summed E-state index contributed by atoms with van der Waals surface area (Å²) in [6.07, 6.45) is 5.76. The fourth-order valence-corrected chi connectivity index (χ4v) is 5.19. The van der Waals surface area contributed by atoms with Gasteiger partial charge in [-0.2, -0.15) is 0 Å². The van der Waals surface area contributed by atoms with Gasteiger partial charge in [0.1, 0.15) is 0 Å². The number of alkyl halides is 1. The van der Waals surface area contributed by atoms with Crippen LogP contribution in [0.5, 0.6) is 0 Å². The second kappa shape index (κ2) is 11.1. The lowest BCUT2D eigenvalue weighted by molar-refractivity contribution is 0.505. The van der Waals surface area contributed by atoms with Gasteiger partial charge >= 0.3 is 0 Å². The van der Waals surface area contributed by atoms with Crippen LogP contribution in [0.4, 0.5) is 0 Å². The second-order valence-corrected chi connectivity index (χ2v) is 12.2. The average molecular weight is 475 g/mol. The number of hydrogen-bond donors (Lipinski definition) is 0. The zero-order valence-electron chi connectivity index (χ0n) is 22.1. The van der Waals surface area contributed by atoms with Gasteiger partial charge in [0.25, 0.3) is 0 Å². The molecular weight excluding hydrogens is 432 g/mol. The van der Waals surface area contributed by atoms with Crippen LogP contribution in [-0.2, 0) is 16.2 Å². The first-order chi connectivity index (χ1) is 16.1. The van der Waals surface area contributed by atoms with Crippen molar-refractivity contribution in [1.82, 2.24) is 0 Å². The van der Waals surface area contributed by atoms with Gasteiger partial charge < -0.3 is 0 Å². The molecule has 34 heavy (non-hydrogen) atoms. The monoisotopic (exact) mass is 474 g/mol. The molecule has 0 atom stereocenters. The maximum atomic E-state index is 5.96. The molecule has 0 saturated heterocycles. The molecule has 1 heteroatoms. The smallest absolute Gasteiger partial charge is 0.0451 e. The molecule has 0 nitrogen and oxygen atoms in total. The highest BCUT2D eigenvalue weighted by Gasteiger charge is 2.36.